The molecule has 0 bridgehead atoms. The molecule has 5 heteroatoms. The van der Waals surface area contributed by atoms with Crippen LogP contribution in [0, 0.1) is 0 Å². The minimum Gasteiger partial charge on any atom is -0.395 e. The molecule has 1 spiro atoms. The quantitative estimate of drug-likeness (QED) is 0.587. The van der Waals surface area contributed by atoms with Crippen molar-refractivity contribution in [3.63, 3.8) is 0 Å². The molecule has 0 atom stereocenters. The van der Waals surface area contributed by atoms with Gasteiger partial charge in [-0.3, -0.25) is 4.99 Å². The highest BCUT2D eigenvalue weighted by Gasteiger charge is 2.37. The Morgan fingerprint density at radius 2 is 2.17 bits per heavy atom. The zero-order valence-corrected chi connectivity index (χ0v) is 12.1. The number of hydrogen-bond acceptors (Lipinski definition) is 3. The lowest BCUT2D eigenvalue weighted by atomic mass is 9.87. The molecule has 0 amide bonds. The highest BCUT2D eigenvalue weighted by molar-refractivity contribution is 8.00. The molecule has 0 aromatic carbocycles. The zero-order valence-electron chi connectivity index (χ0n) is 11.3. The summed E-state index contributed by atoms with van der Waals surface area (Å²) in [5, 5.41) is 12.1. The molecule has 4 nitrogen and oxygen atoms in total. The van der Waals surface area contributed by atoms with E-state index < -0.39 is 0 Å². The van der Waals surface area contributed by atoms with Crippen LogP contribution in [0.4, 0.5) is 0 Å². The van der Waals surface area contributed by atoms with E-state index in [-0.39, 0.29) is 6.61 Å². The molecule has 0 radical (unpaired) electrons. The molecular weight excluding hydrogens is 246 g/mol. The van der Waals surface area contributed by atoms with E-state index in [9.17, 15) is 0 Å². The summed E-state index contributed by atoms with van der Waals surface area (Å²) < 4.78 is 0.466. The van der Waals surface area contributed by atoms with Gasteiger partial charge in [-0.25, -0.2) is 0 Å². The van der Waals surface area contributed by atoms with Gasteiger partial charge in [0.2, 0.25) is 0 Å². The molecular formula is C13H25N3OS. The van der Waals surface area contributed by atoms with E-state index in [2.05, 4.69) is 27.0 Å². The van der Waals surface area contributed by atoms with E-state index in [1.807, 2.05) is 7.05 Å². The van der Waals surface area contributed by atoms with E-state index >= 15 is 0 Å². The summed E-state index contributed by atoms with van der Waals surface area (Å²) in [5.41, 5.74) is 0. The van der Waals surface area contributed by atoms with Crippen LogP contribution in [-0.2, 0) is 0 Å². The van der Waals surface area contributed by atoms with Gasteiger partial charge in [-0.15, -0.1) is 0 Å². The number of nitrogens with one attached hydrogen (secondary N) is 1. The van der Waals surface area contributed by atoms with Gasteiger partial charge in [0.05, 0.1) is 6.61 Å². The van der Waals surface area contributed by atoms with Crippen LogP contribution in [0.2, 0.25) is 0 Å². The number of aliphatic imine (C=N–C) groups is 1. The smallest absolute Gasteiger partial charge is 0.193 e. The first-order valence-corrected chi connectivity index (χ1v) is 7.99. The minimum atomic E-state index is 0.159. The Labute approximate surface area is 114 Å². The maximum atomic E-state index is 8.91. The van der Waals surface area contributed by atoms with E-state index in [0.717, 1.165) is 19.0 Å². The zero-order chi connectivity index (χ0) is 12.8. The maximum absolute atomic E-state index is 8.91. The predicted molar refractivity (Wildman–Crippen MR) is 78.3 cm³/mol. The third-order valence-electron chi connectivity index (χ3n) is 3.92. The van der Waals surface area contributed by atoms with Crippen LogP contribution in [0.15, 0.2) is 4.99 Å². The van der Waals surface area contributed by atoms with Crippen molar-refractivity contribution in [3.05, 3.63) is 0 Å². The molecule has 1 saturated carbocycles. The predicted octanol–water partition coefficient (Wildman–Crippen LogP) is 1.31. The highest BCUT2D eigenvalue weighted by atomic mass is 32.2. The Hall–Kier alpha value is -0.420. The van der Waals surface area contributed by atoms with Crippen LogP contribution in [0.1, 0.15) is 32.1 Å². The third-order valence-corrected chi connectivity index (χ3v) is 5.46. The monoisotopic (exact) mass is 271 g/mol. The van der Waals surface area contributed by atoms with Gasteiger partial charge in [0.25, 0.3) is 0 Å². The van der Waals surface area contributed by atoms with Crippen LogP contribution < -0.4 is 5.32 Å². The van der Waals surface area contributed by atoms with Crippen molar-refractivity contribution in [2.24, 2.45) is 4.99 Å². The number of aliphatic hydroxyl groups is 1. The molecule has 2 rings (SSSR count). The molecule has 104 valence electrons. The molecule has 18 heavy (non-hydrogen) atoms. The van der Waals surface area contributed by atoms with E-state index in [1.165, 1.54) is 37.9 Å². The van der Waals surface area contributed by atoms with E-state index in [4.69, 9.17) is 5.11 Å². The van der Waals surface area contributed by atoms with Crippen LogP contribution in [0.25, 0.3) is 0 Å². The Kier molecular flexibility index (Phi) is 5.18. The van der Waals surface area contributed by atoms with Crippen LogP contribution in [0.5, 0.6) is 0 Å². The largest absolute Gasteiger partial charge is 0.395 e. The maximum Gasteiger partial charge on any atom is 0.193 e. The van der Waals surface area contributed by atoms with Gasteiger partial charge in [0, 0.05) is 37.2 Å². The Balaban J connectivity index is 1.96. The molecule has 1 aliphatic heterocycles. The SMILES string of the molecule is CN=C(NCCO)N1CCSC2(CCCCC2)C1. The second-order valence-corrected chi connectivity index (χ2v) is 6.77. The first-order chi connectivity index (χ1) is 8.79. The molecule has 2 N–H and O–H groups in total. The summed E-state index contributed by atoms with van der Waals surface area (Å²) in [6.07, 6.45) is 6.86. The number of nitrogens with zero attached hydrogens (tertiary/aromatic N) is 2. The summed E-state index contributed by atoms with van der Waals surface area (Å²) >= 11 is 2.17. The van der Waals surface area contributed by atoms with E-state index in [1.54, 1.807) is 0 Å². The van der Waals surface area contributed by atoms with Gasteiger partial charge >= 0.3 is 0 Å². The first-order valence-electron chi connectivity index (χ1n) is 7.00. The lowest BCUT2D eigenvalue weighted by Gasteiger charge is -2.45. The van der Waals surface area contributed by atoms with E-state index in [0.29, 0.717) is 11.3 Å². The highest BCUT2D eigenvalue weighted by Crippen LogP contribution is 2.42. The molecule has 2 fully saturated rings. The van der Waals surface area contributed by atoms with Crippen LogP contribution >= 0.6 is 11.8 Å². The summed E-state index contributed by atoms with van der Waals surface area (Å²) in [7, 11) is 1.83. The molecule has 2 aliphatic rings. The number of hydrogen-bond donors (Lipinski definition) is 2. The van der Waals surface area contributed by atoms with Gasteiger partial charge in [-0.2, -0.15) is 11.8 Å². The van der Waals surface area contributed by atoms with Crippen molar-refractivity contribution in [1.29, 1.82) is 0 Å². The Bertz CT molecular complexity index is 284. The second-order valence-electron chi connectivity index (χ2n) is 5.21. The third kappa shape index (κ3) is 3.32. The molecule has 1 saturated heterocycles. The average molecular weight is 271 g/mol. The number of rotatable bonds is 2. The van der Waals surface area contributed by atoms with Gasteiger partial charge < -0.3 is 15.3 Å². The molecule has 0 aromatic rings. The fourth-order valence-corrected chi connectivity index (χ4v) is 4.59. The minimum absolute atomic E-state index is 0.159. The molecule has 0 unspecified atom stereocenters. The number of aliphatic hydroxyl groups excluding tert-OH is 1. The lowest BCUT2D eigenvalue weighted by molar-refractivity contribution is 0.281. The standard InChI is InChI=1S/C13H25N3OS/c1-14-12(15-7-9-17)16-8-10-18-13(11-16)5-3-2-4-6-13/h17H,2-11H2,1H3,(H,14,15). The van der Waals surface area contributed by atoms with Crippen molar-refractivity contribution >= 4 is 17.7 Å². The normalized spacial score (nSPS) is 24.3. The van der Waals surface area contributed by atoms with Gasteiger partial charge in [0.1, 0.15) is 0 Å². The van der Waals surface area contributed by atoms with Gasteiger partial charge in [-0.05, 0) is 12.8 Å². The van der Waals surface area contributed by atoms with Crippen molar-refractivity contribution in [2.75, 3.05) is 39.0 Å². The first kappa shape index (κ1) is 14.0. The van der Waals surface area contributed by atoms with Crippen molar-refractivity contribution in [2.45, 2.75) is 36.9 Å². The van der Waals surface area contributed by atoms with Crippen molar-refractivity contribution < 1.29 is 5.11 Å². The van der Waals surface area contributed by atoms with Gasteiger partial charge in [-0.1, -0.05) is 19.3 Å². The fraction of sp³-hybridized carbons (Fsp3) is 0.923. The molecule has 1 aliphatic carbocycles. The second kappa shape index (κ2) is 6.66. The van der Waals surface area contributed by atoms with Crippen molar-refractivity contribution in [3.8, 4) is 0 Å². The average Bonchev–Trinajstić information content (AvgIpc) is 2.41. The summed E-state index contributed by atoms with van der Waals surface area (Å²) in [6.45, 7) is 2.93. The van der Waals surface area contributed by atoms with Crippen LogP contribution in [-0.4, -0.2) is 59.8 Å². The number of guanidine groups is 1. The van der Waals surface area contributed by atoms with Gasteiger partial charge in [0.15, 0.2) is 5.96 Å². The number of thioether (sulfide) groups is 1. The Morgan fingerprint density at radius 3 is 2.83 bits per heavy atom. The summed E-state index contributed by atoms with van der Waals surface area (Å²) in [5.74, 6) is 2.15. The lowest BCUT2D eigenvalue weighted by Crippen LogP contribution is -2.53. The summed E-state index contributed by atoms with van der Waals surface area (Å²) in [6, 6.07) is 0. The summed E-state index contributed by atoms with van der Waals surface area (Å²) in [4.78, 5) is 6.71. The topological polar surface area (TPSA) is 47.9 Å². The van der Waals surface area contributed by atoms with Crippen LogP contribution in [0.3, 0.4) is 0 Å². The van der Waals surface area contributed by atoms with Crippen molar-refractivity contribution in [1.82, 2.24) is 10.2 Å². The Morgan fingerprint density at radius 1 is 1.39 bits per heavy atom. The fourth-order valence-electron chi connectivity index (χ4n) is 3.02. The molecule has 0 aromatic heterocycles. The molecule has 1 heterocycles.